The van der Waals surface area contributed by atoms with Gasteiger partial charge in [0.05, 0.1) is 5.69 Å². The average molecular weight is 257 g/mol. The summed E-state index contributed by atoms with van der Waals surface area (Å²) >= 11 is 0. The normalized spacial score (nSPS) is 39.7. The van der Waals surface area contributed by atoms with Gasteiger partial charge in [0.15, 0.2) is 0 Å². The van der Waals surface area contributed by atoms with Crippen molar-refractivity contribution in [3.8, 4) is 0 Å². The highest BCUT2D eigenvalue weighted by Crippen LogP contribution is 2.59. The van der Waals surface area contributed by atoms with Gasteiger partial charge in [-0.1, -0.05) is 6.92 Å². The van der Waals surface area contributed by atoms with E-state index in [1.165, 1.54) is 43.4 Å². The van der Waals surface area contributed by atoms with E-state index in [9.17, 15) is 0 Å². The summed E-state index contributed by atoms with van der Waals surface area (Å²) in [6.45, 7) is 2.20. The van der Waals surface area contributed by atoms with Crippen LogP contribution in [0.2, 0.25) is 0 Å². The topological polar surface area (TPSA) is 51.8 Å². The first-order valence-corrected chi connectivity index (χ1v) is 7.86. The molecule has 1 aromatic rings. The van der Waals surface area contributed by atoms with Crippen LogP contribution >= 0.6 is 0 Å². The first-order valence-electron chi connectivity index (χ1n) is 7.86. The number of hydrogen-bond acceptors (Lipinski definition) is 3. The van der Waals surface area contributed by atoms with Crippen molar-refractivity contribution in [2.45, 2.75) is 51.4 Å². The highest BCUT2D eigenvalue weighted by atomic mass is 15.1. The van der Waals surface area contributed by atoms with Gasteiger partial charge in [0.2, 0.25) is 0 Å². The minimum Gasteiger partial charge on any atom is -0.382 e. The Morgan fingerprint density at radius 2 is 1.68 bits per heavy atom. The van der Waals surface area contributed by atoms with Crippen molar-refractivity contribution in [2.24, 2.45) is 23.7 Å². The molecule has 0 atom stereocenters. The molecule has 4 bridgehead atoms. The average Bonchev–Trinajstić information content (AvgIpc) is 2.39. The van der Waals surface area contributed by atoms with Crippen molar-refractivity contribution >= 4 is 5.82 Å². The van der Waals surface area contributed by atoms with E-state index in [0.29, 0.717) is 11.7 Å². The summed E-state index contributed by atoms with van der Waals surface area (Å²) in [7, 11) is 0. The van der Waals surface area contributed by atoms with Crippen molar-refractivity contribution < 1.29 is 0 Å². The second-order valence-electron chi connectivity index (χ2n) is 6.99. The predicted octanol–water partition coefficient (Wildman–Crippen LogP) is 3.16. The minimum atomic E-state index is 0.574. The monoisotopic (exact) mass is 257 g/mol. The van der Waals surface area contributed by atoms with Crippen LogP contribution in [0.3, 0.4) is 0 Å². The predicted molar refractivity (Wildman–Crippen MR) is 75.6 cm³/mol. The van der Waals surface area contributed by atoms with Gasteiger partial charge in [-0.15, -0.1) is 5.10 Å². The third kappa shape index (κ3) is 1.78. The molecule has 4 aliphatic carbocycles. The molecule has 1 heterocycles. The number of aryl methyl sites for hydroxylation is 1. The van der Waals surface area contributed by atoms with Crippen LogP contribution in [0.15, 0.2) is 6.07 Å². The van der Waals surface area contributed by atoms with Crippen molar-refractivity contribution in [2.75, 3.05) is 5.73 Å². The molecule has 0 amide bonds. The van der Waals surface area contributed by atoms with Crippen LogP contribution in [0.25, 0.3) is 0 Å². The lowest BCUT2D eigenvalue weighted by Crippen LogP contribution is -2.44. The van der Waals surface area contributed by atoms with Gasteiger partial charge in [-0.2, -0.15) is 5.10 Å². The fourth-order valence-electron chi connectivity index (χ4n) is 5.39. The Balaban J connectivity index is 1.72. The molecule has 3 heteroatoms. The van der Waals surface area contributed by atoms with Gasteiger partial charge in [0.1, 0.15) is 5.82 Å². The Bertz CT molecular complexity index is 469. The van der Waals surface area contributed by atoms with Gasteiger partial charge in [-0.3, -0.25) is 0 Å². The van der Waals surface area contributed by atoms with E-state index in [2.05, 4.69) is 17.1 Å². The van der Waals surface area contributed by atoms with Crippen molar-refractivity contribution in [3.05, 3.63) is 17.3 Å². The zero-order valence-electron chi connectivity index (χ0n) is 11.7. The second-order valence-corrected chi connectivity index (χ2v) is 6.99. The van der Waals surface area contributed by atoms with Gasteiger partial charge >= 0.3 is 0 Å². The molecule has 102 valence electrons. The first kappa shape index (κ1) is 11.7. The van der Waals surface area contributed by atoms with Crippen LogP contribution in [0.5, 0.6) is 0 Å². The molecule has 4 saturated carbocycles. The molecule has 0 aliphatic heterocycles. The van der Waals surface area contributed by atoms with E-state index >= 15 is 0 Å². The van der Waals surface area contributed by atoms with Gasteiger partial charge in [-0.25, -0.2) is 0 Å². The number of nitrogens with zero attached hydrogens (tertiary/aromatic N) is 2. The largest absolute Gasteiger partial charge is 0.382 e. The molecule has 0 saturated heterocycles. The summed E-state index contributed by atoms with van der Waals surface area (Å²) in [4.78, 5) is 0. The van der Waals surface area contributed by atoms with Gasteiger partial charge < -0.3 is 5.73 Å². The molecular formula is C16H23N3. The number of hydrogen-bond donors (Lipinski definition) is 1. The maximum atomic E-state index is 5.80. The molecule has 0 aromatic carbocycles. The molecular weight excluding hydrogens is 234 g/mol. The highest BCUT2D eigenvalue weighted by Gasteiger charge is 2.49. The molecule has 0 unspecified atom stereocenters. The molecule has 2 N–H and O–H groups in total. The Morgan fingerprint density at radius 3 is 2.26 bits per heavy atom. The molecule has 0 spiro atoms. The summed E-state index contributed by atoms with van der Waals surface area (Å²) in [5, 5.41) is 8.67. The molecule has 19 heavy (non-hydrogen) atoms. The number of nitrogen functional groups attached to an aromatic ring is 1. The van der Waals surface area contributed by atoms with Gasteiger partial charge in [-0.05, 0) is 73.8 Å². The quantitative estimate of drug-likeness (QED) is 0.885. The summed E-state index contributed by atoms with van der Waals surface area (Å²) < 4.78 is 0. The lowest BCUT2D eigenvalue weighted by atomic mass is 9.51. The summed E-state index contributed by atoms with van der Waals surface area (Å²) in [6, 6.07) is 2.05. The smallest absolute Gasteiger partial charge is 0.146 e. The number of aromatic nitrogens is 2. The summed E-state index contributed by atoms with van der Waals surface area (Å²) in [6.07, 6.45) is 8.28. The Morgan fingerprint density at radius 1 is 1.05 bits per heavy atom. The number of anilines is 1. The summed E-state index contributed by atoms with van der Waals surface area (Å²) in [5.41, 5.74) is 8.42. The van der Waals surface area contributed by atoms with Gasteiger partial charge in [0.25, 0.3) is 0 Å². The molecule has 0 radical (unpaired) electrons. The third-order valence-electron chi connectivity index (χ3n) is 5.85. The second kappa shape index (κ2) is 4.19. The molecule has 3 nitrogen and oxygen atoms in total. The Kier molecular flexibility index (Phi) is 2.58. The van der Waals surface area contributed by atoms with Crippen LogP contribution in [0, 0.1) is 23.7 Å². The van der Waals surface area contributed by atoms with Crippen molar-refractivity contribution in [1.29, 1.82) is 0 Å². The van der Waals surface area contributed by atoms with Crippen LogP contribution in [0.4, 0.5) is 5.82 Å². The maximum Gasteiger partial charge on any atom is 0.146 e. The fraction of sp³-hybridized carbons (Fsp3) is 0.750. The molecule has 4 fully saturated rings. The van der Waals surface area contributed by atoms with E-state index in [1.54, 1.807) is 0 Å². The van der Waals surface area contributed by atoms with Crippen LogP contribution in [-0.2, 0) is 6.42 Å². The standard InChI is InChI=1S/C16H23N3/c1-2-11-8-14(17)18-19-16(11)15-12-4-9-3-10(6-12)7-13(15)5-9/h8-10,12-13,15H,2-7H2,1H3,(H2,17,18). The highest BCUT2D eigenvalue weighted by molar-refractivity contribution is 5.36. The zero-order chi connectivity index (χ0) is 13.0. The molecule has 1 aromatic heterocycles. The first-order chi connectivity index (χ1) is 9.24. The van der Waals surface area contributed by atoms with Crippen molar-refractivity contribution in [1.82, 2.24) is 10.2 Å². The van der Waals surface area contributed by atoms with Gasteiger partial charge in [0, 0.05) is 5.92 Å². The minimum absolute atomic E-state index is 0.574. The summed E-state index contributed by atoms with van der Waals surface area (Å²) in [5.74, 6) is 5.04. The lowest BCUT2D eigenvalue weighted by molar-refractivity contribution is -0.00471. The van der Waals surface area contributed by atoms with E-state index in [1.807, 2.05) is 6.07 Å². The molecule has 5 rings (SSSR count). The third-order valence-corrected chi connectivity index (χ3v) is 5.85. The SMILES string of the molecule is CCc1cc(N)nnc1C1C2CC3CC(C2)CC1C3. The van der Waals surface area contributed by atoms with E-state index in [4.69, 9.17) is 5.73 Å². The van der Waals surface area contributed by atoms with Crippen LogP contribution in [-0.4, -0.2) is 10.2 Å². The number of rotatable bonds is 2. The molecule has 4 aliphatic rings. The Hall–Kier alpha value is -1.12. The Labute approximate surface area is 115 Å². The number of nitrogens with two attached hydrogens (primary N) is 1. The van der Waals surface area contributed by atoms with E-state index in [-0.39, 0.29) is 0 Å². The van der Waals surface area contributed by atoms with Crippen LogP contribution < -0.4 is 5.73 Å². The van der Waals surface area contributed by atoms with E-state index < -0.39 is 0 Å². The lowest BCUT2D eigenvalue weighted by Gasteiger charge is -2.54. The fourth-order valence-corrected chi connectivity index (χ4v) is 5.39. The van der Waals surface area contributed by atoms with E-state index in [0.717, 1.165) is 30.1 Å². The van der Waals surface area contributed by atoms with Crippen molar-refractivity contribution in [3.63, 3.8) is 0 Å². The zero-order valence-corrected chi connectivity index (χ0v) is 11.7. The van der Waals surface area contributed by atoms with Crippen LogP contribution in [0.1, 0.15) is 56.2 Å². The maximum absolute atomic E-state index is 5.80.